The Hall–Kier alpha value is -2.38. The molecule has 0 atom stereocenters. The second-order valence-corrected chi connectivity index (χ2v) is 12.0. The molecule has 0 spiro atoms. The normalized spacial score (nSPS) is 18.5. The average Bonchev–Trinajstić information content (AvgIpc) is 2.87. The predicted molar refractivity (Wildman–Crippen MR) is 138 cm³/mol. The lowest BCUT2D eigenvalue weighted by molar-refractivity contribution is -0.138. The summed E-state index contributed by atoms with van der Waals surface area (Å²) in [5.41, 5.74) is 3.15. The number of carbonyl (C=O) groups excluding carboxylic acids is 1. The number of hydrogen-bond acceptors (Lipinski definition) is 4. The number of piperidine rings is 2. The van der Waals surface area contributed by atoms with Gasteiger partial charge >= 0.3 is 0 Å². The number of aryl methyl sites for hydroxylation is 3. The maximum atomic E-state index is 13.2. The molecule has 2 aromatic carbocycles. The molecule has 35 heavy (non-hydrogen) atoms. The van der Waals surface area contributed by atoms with E-state index in [2.05, 4.69) is 12.1 Å². The minimum absolute atomic E-state index is 0.0728. The van der Waals surface area contributed by atoms with Gasteiger partial charge in [0.2, 0.25) is 15.9 Å². The minimum Gasteiger partial charge on any atom is -0.497 e. The Kier molecular flexibility index (Phi) is 8.17. The number of nitrogens with zero attached hydrogens (tertiary/aromatic N) is 2. The van der Waals surface area contributed by atoms with E-state index >= 15 is 0 Å². The van der Waals surface area contributed by atoms with Crippen molar-refractivity contribution in [2.24, 2.45) is 11.8 Å². The summed E-state index contributed by atoms with van der Waals surface area (Å²) < 4.78 is 33.1. The lowest BCUT2D eigenvalue weighted by Gasteiger charge is -2.37. The van der Waals surface area contributed by atoms with E-state index in [1.165, 1.54) is 5.56 Å². The van der Waals surface area contributed by atoms with Crippen LogP contribution in [0.3, 0.4) is 0 Å². The minimum atomic E-state index is -3.52. The Morgan fingerprint density at radius 2 is 1.60 bits per heavy atom. The van der Waals surface area contributed by atoms with Gasteiger partial charge in [-0.05, 0) is 87.6 Å². The molecule has 4 rings (SSSR count). The Morgan fingerprint density at radius 3 is 2.20 bits per heavy atom. The summed E-state index contributed by atoms with van der Waals surface area (Å²) in [5, 5.41) is 0. The highest BCUT2D eigenvalue weighted by molar-refractivity contribution is 7.89. The van der Waals surface area contributed by atoms with Crippen molar-refractivity contribution in [3.05, 3.63) is 59.2 Å². The topological polar surface area (TPSA) is 66.9 Å². The molecule has 2 aromatic rings. The van der Waals surface area contributed by atoms with Crippen LogP contribution in [0.1, 0.15) is 48.8 Å². The van der Waals surface area contributed by atoms with Gasteiger partial charge in [0, 0.05) is 32.1 Å². The average molecular weight is 499 g/mol. The van der Waals surface area contributed by atoms with Crippen LogP contribution in [-0.2, 0) is 21.2 Å². The molecular weight excluding hydrogens is 460 g/mol. The molecule has 0 bridgehead atoms. The molecule has 7 heteroatoms. The number of likely N-dealkylation sites (tertiary alicyclic amines) is 1. The molecule has 2 saturated heterocycles. The van der Waals surface area contributed by atoms with Gasteiger partial charge in [-0.25, -0.2) is 8.42 Å². The molecule has 0 aliphatic carbocycles. The molecule has 0 unspecified atom stereocenters. The van der Waals surface area contributed by atoms with Crippen molar-refractivity contribution in [3.63, 3.8) is 0 Å². The van der Waals surface area contributed by atoms with Crippen molar-refractivity contribution in [3.8, 4) is 5.75 Å². The first-order chi connectivity index (χ1) is 16.8. The van der Waals surface area contributed by atoms with Gasteiger partial charge in [0.25, 0.3) is 0 Å². The van der Waals surface area contributed by atoms with Crippen LogP contribution in [0.15, 0.2) is 47.4 Å². The Morgan fingerprint density at radius 1 is 0.943 bits per heavy atom. The van der Waals surface area contributed by atoms with E-state index in [1.807, 2.05) is 43.0 Å². The summed E-state index contributed by atoms with van der Waals surface area (Å²) in [6.45, 7) is 6.25. The molecule has 190 valence electrons. The third-order valence-electron chi connectivity index (χ3n) is 7.68. The Labute approximate surface area is 210 Å². The number of carbonyl (C=O) groups is 1. The fourth-order valence-corrected chi connectivity index (χ4v) is 7.11. The van der Waals surface area contributed by atoms with Crippen LogP contribution < -0.4 is 4.74 Å². The van der Waals surface area contributed by atoms with Gasteiger partial charge in [0.15, 0.2) is 0 Å². The molecule has 2 aliphatic heterocycles. The number of amides is 1. The lowest BCUT2D eigenvalue weighted by Crippen LogP contribution is -2.46. The molecule has 0 saturated carbocycles. The molecule has 2 heterocycles. The van der Waals surface area contributed by atoms with Gasteiger partial charge in [0.05, 0.1) is 12.0 Å². The number of ether oxygens (including phenoxy) is 1. The molecule has 2 fully saturated rings. The summed E-state index contributed by atoms with van der Waals surface area (Å²) in [4.78, 5) is 15.6. The molecule has 0 N–H and O–H groups in total. The van der Waals surface area contributed by atoms with Crippen LogP contribution in [-0.4, -0.2) is 56.8 Å². The van der Waals surface area contributed by atoms with E-state index < -0.39 is 10.0 Å². The number of hydrogen-bond donors (Lipinski definition) is 0. The van der Waals surface area contributed by atoms with E-state index in [9.17, 15) is 13.2 Å². The quantitative estimate of drug-likeness (QED) is 0.560. The zero-order valence-electron chi connectivity index (χ0n) is 21.2. The van der Waals surface area contributed by atoms with E-state index in [-0.39, 0.29) is 11.8 Å². The van der Waals surface area contributed by atoms with Crippen molar-refractivity contribution < 1.29 is 17.9 Å². The predicted octanol–water partition coefficient (Wildman–Crippen LogP) is 4.58. The maximum Gasteiger partial charge on any atom is 0.243 e. The zero-order valence-corrected chi connectivity index (χ0v) is 22.0. The highest BCUT2D eigenvalue weighted by atomic mass is 32.2. The highest BCUT2D eigenvalue weighted by Crippen LogP contribution is 2.29. The maximum absolute atomic E-state index is 13.2. The third-order valence-corrected chi connectivity index (χ3v) is 9.74. The molecule has 0 aromatic heterocycles. The zero-order chi connectivity index (χ0) is 25.0. The van der Waals surface area contributed by atoms with Gasteiger partial charge < -0.3 is 9.64 Å². The first-order valence-corrected chi connectivity index (χ1v) is 14.2. The molecule has 2 aliphatic rings. The van der Waals surface area contributed by atoms with Crippen LogP contribution in [0.5, 0.6) is 5.75 Å². The molecule has 0 radical (unpaired) electrons. The lowest BCUT2D eigenvalue weighted by atomic mass is 9.89. The van der Waals surface area contributed by atoms with Crippen LogP contribution >= 0.6 is 0 Å². The van der Waals surface area contributed by atoms with Gasteiger partial charge in [-0.3, -0.25) is 4.79 Å². The smallest absolute Gasteiger partial charge is 0.243 e. The Bertz CT molecular complexity index is 1110. The van der Waals surface area contributed by atoms with Crippen LogP contribution in [0, 0.1) is 25.7 Å². The van der Waals surface area contributed by atoms with E-state index in [4.69, 9.17) is 4.74 Å². The molecule has 6 nitrogen and oxygen atoms in total. The molecular formula is C28H38N2O4S. The van der Waals surface area contributed by atoms with Crippen molar-refractivity contribution in [2.75, 3.05) is 33.3 Å². The Balaban J connectivity index is 1.24. The summed E-state index contributed by atoms with van der Waals surface area (Å²) >= 11 is 0. The summed E-state index contributed by atoms with van der Waals surface area (Å²) in [6.07, 6.45) is 5.48. The van der Waals surface area contributed by atoms with Crippen molar-refractivity contribution >= 4 is 15.9 Å². The number of sulfonamides is 1. The first kappa shape index (κ1) is 25.7. The number of rotatable bonds is 7. The van der Waals surface area contributed by atoms with Crippen molar-refractivity contribution in [1.82, 2.24) is 9.21 Å². The van der Waals surface area contributed by atoms with E-state index in [0.717, 1.165) is 55.6 Å². The fourth-order valence-electron chi connectivity index (χ4n) is 5.43. The van der Waals surface area contributed by atoms with Gasteiger partial charge in [-0.2, -0.15) is 4.31 Å². The van der Waals surface area contributed by atoms with Crippen molar-refractivity contribution in [2.45, 2.75) is 57.3 Å². The summed E-state index contributed by atoms with van der Waals surface area (Å²) in [6, 6.07) is 13.7. The van der Waals surface area contributed by atoms with Crippen LogP contribution in [0.25, 0.3) is 0 Å². The first-order valence-electron chi connectivity index (χ1n) is 12.8. The second kappa shape index (κ2) is 11.1. The number of benzene rings is 2. The standard InChI is InChI=1S/C28H38N2O4S/c1-21-4-11-27(22(2)20-21)35(32,33)30-18-14-25(15-19-30)28(31)29-16-12-24(13-17-29)6-5-23-7-9-26(34-3)10-8-23/h4,7-11,20,24-25H,5-6,12-19H2,1-3H3. The second-order valence-electron chi connectivity index (χ2n) is 10.1. The van der Waals surface area contributed by atoms with E-state index in [0.29, 0.717) is 36.7 Å². The summed E-state index contributed by atoms with van der Waals surface area (Å²) in [7, 11) is -1.84. The van der Waals surface area contributed by atoms with Gasteiger partial charge in [-0.1, -0.05) is 29.8 Å². The third kappa shape index (κ3) is 6.07. The summed E-state index contributed by atoms with van der Waals surface area (Å²) in [5.74, 6) is 1.67. The molecule has 1 amide bonds. The van der Waals surface area contributed by atoms with Crippen LogP contribution in [0.4, 0.5) is 0 Å². The van der Waals surface area contributed by atoms with Crippen LogP contribution in [0.2, 0.25) is 0 Å². The van der Waals surface area contributed by atoms with E-state index in [1.54, 1.807) is 17.5 Å². The number of methoxy groups -OCH3 is 1. The fraction of sp³-hybridized carbons (Fsp3) is 0.536. The van der Waals surface area contributed by atoms with Gasteiger partial charge in [-0.15, -0.1) is 0 Å². The monoisotopic (exact) mass is 498 g/mol. The highest BCUT2D eigenvalue weighted by Gasteiger charge is 2.35. The SMILES string of the molecule is COc1ccc(CCC2CCN(C(=O)C3CCN(S(=O)(=O)c4ccc(C)cc4C)CC3)CC2)cc1. The largest absolute Gasteiger partial charge is 0.497 e. The van der Waals surface area contributed by atoms with Gasteiger partial charge in [0.1, 0.15) is 5.75 Å². The van der Waals surface area contributed by atoms with Crippen molar-refractivity contribution in [1.29, 1.82) is 0 Å².